The van der Waals surface area contributed by atoms with Crippen LogP contribution in [0, 0.1) is 6.92 Å². The van der Waals surface area contributed by atoms with E-state index in [0.29, 0.717) is 12.1 Å². The molecule has 110 valence electrons. The van der Waals surface area contributed by atoms with E-state index in [-0.39, 0.29) is 5.91 Å². The summed E-state index contributed by atoms with van der Waals surface area (Å²) in [4.78, 5) is 17.0. The molecular weight excluding hydrogens is 264 g/mol. The number of carbonyl (C=O) groups is 1. The van der Waals surface area contributed by atoms with Gasteiger partial charge in [-0.1, -0.05) is 18.2 Å². The van der Waals surface area contributed by atoms with Crippen LogP contribution in [0.5, 0.6) is 0 Å². The Morgan fingerprint density at radius 1 is 1.19 bits per heavy atom. The van der Waals surface area contributed by atoms with E-state index >= 15 is 0 Å². The predicted molar refractivity (Wildman–Crippen MR) is 82.4 cm³/mol. The van der Waals surface area contributed by atoms with E-state index in [1.165, 1.54) is 5.56 Å². The van der Waals surface area contributed by atoms with Crippen LogP contribution in [0.15, 0.2) is 30.5 Å². The van der Waals surface area contributed by atoms with Crippen molar-refractivity contribution >= 4 is 11.6 Å². The summed E-state index contributed by atoms with van der Waals surface area (Å²) < 4.78 is 1.69. The molecule has 0 saturated carbocycles. The van der Waals surface area contributed by atoms with Crippen LogP contribution >= 0.6 is 0 Å². The lowest BCUT2D eigenvalue weighted by atomic mass is 10.1. The molecule has 0 aliphatic carbocycles. The van der Waals surface area contributed by atoms with Gasteiger partial charge in [0, 0.05) is 38.6 Å². The number of carbonyl (C=O) groups excluding carboxylic acids is 1. The minimum absolute atomic E-state index is 0.0309. The van der Waals surface area contributed by atoms with Crippen LogP contribution in [0.2, 0.25) is 0 Å². The van der Waals surface area contributed by atoms with Gasteiger partial charge in [-0.25, -0.2) is 0 Å². The topological polar surface area (TPSA) is 41.4 Å². The molecule has 3 rings (SSSR count). The van der Waals surface area contributed by atoms with E-state index in [9.17, 15) is 4.79 Å². The molecule has 5 nitrogen and oxygen atoms in total. The third kappa shape index (κ3) is 2.56. The number of aryl methyl sites for hydroxylation is 2. The first-order valence-electron chi connectivity index (χ1n) is 7.15. The van der Waals surface area contributed by atoms with Gasteiger partial charge >= 0.3 is 0 Å². The number of amides is 1. The number of nitrogens with zero attached hydrogens (tertiary/aromatic N) is 4. The summed E-state index contributed by atoms with van der Waals surface area (Å²) in [5.41, 5.74) is 3.65. The molecule has 1 aromatic carbocycles. The van der Waals surface area contributed by atoms with Gasteiger partial charge in [0.25, 0.3) is 5.91 Å². The minimum atomic E-state index is 0.0309. The molecule has 1 aliphatic heterocycles. The number of likely N-dealkylation sites (N-methyl/N-ethyl adjacent to an activating group) is 1. The molecular formula is C16H20N4O. The number of para-hydroxylation sites is 1. The quantitative estimate of drug-likeness (QED) is 0.802. The third-order valence-corrected chi connectivity index (χ3v) is 3.92. The lowest BCUT2D eigenvalue weighted by Crippen LogP contribution is -2.35. The molecule has 0 N–H and O–H groups in total. The molecule has 2 heterocycles. The van der Waals surface area contributed by atoms with E-state index in [1.54, 1.807) is 10.9 Å². The van der Waals surface area contributed by atoms with Crippen LogP contribution in [0.25, 0.3) is 0 Å². The Labute approximate surface area is 124 Å². The molecule has 0 radical (unpaired) electrons. The van der Waals surface area contributed by atoms with Crippen molar-refractivity contribution in [2.75, 3.05) is 25.0 Å². The molecule has 0 unspecified atom stereocenters. The Morgan fingerprint density at radius 3 is 2.67 bits per heavy atom. The van der Waals surface area contributed by atoms with Crippen LogP contribution in [0.4, 0.5) is 5.69 Å². The Kier molecular flexibility index (Phi) is 3.51. The molecule has 0 bridgehead atoms. The first kappa shape index (κ1) is 13.8. The van der Waals surface area contributed by atoms with Gasteiger partial charge in [0.15, 0.2) is 0 Å². The number of benzene rings is 1. The van der Waals surface area contributed by atoms with Crippen LogP contribution in [0.1, 0.15) is 21.6 Å². The fraction of sp³-hybridized carbons (Fsp3) is 0.375. The highest BCUT2D eigenvalue weighted by Gasteiger charge is 2.25. The normalized spacial score (nSPS) is 15.7. The summed E-state index contributed by atoms with van der Waals surface area (Å²) in [7, 11) is 3.92. The number of rotatable bonds is 1. The molecule has 0 fully saturated rings. The third-order valence-electron chi connectivity index (χ3n) is 3.92. The molecule has 1 amide bonds. The number of aromatic nitrogens is 2. The van der Waals surface area contributed by atoms with Gasteiger partial charge in [-0.2, -0.15) is 5.10 Å². The fourth-order valence-electron chi connectivity index (χ4n) is 2.83. The maximum atomic E-state index is 12.9. The number of hydrogen-bond acceptors (Lipinski definition) is 3. The number of anilines is 1. The van der Waals surface area contributed by atoms with Crippen molar-refractivity contribution < 1.29 is 4.79 Å². The number of hydrogen-bond donors (Lipinski definition) is 0. The van der Waals surface area contributed by atoms with E-state index in [2.05, 4.69) is 23.1 Å². The molecule has 2 aromatic rings. The molecule has 5 heteroatoms. The van der Waals surface area contributed by atoms with Crippen molar-refractivity contribution in [1.82, 2.24) is 14.7 Å². The lowest BCUT2D eigenvalue weighted by Gasteiger charge is -2.22. The molecule has 1 aliphatic rings. The SMILES string of the molecule is Cc1nn(C)cc1C(=O)N1CCN(C)Cc2ccccc21. The van der Waals surface area contributed by atoms with Crippen molar-refractivity contribution in [2.24, 2.45) is 7.05 Å². The zero-order chi connectivity index (χ0) is 15.0. The first-order chi connectivity index (χ1) is 10.1. The summed E-state index contributed by atoms with van der Waals surface area (Å²) in [6.45, 7) is 4.30. The van der Waals surface area contributed by atoms with Gasteiger partial charge in [-0.3, -0.25) is 9.48 Å². The maximum Gasteiger partial charge on any atom is 0.261 e. The second kappa shape index (κ2) is 5.33. The average Bonchev–Trinajstić information content (AvgIpc) is 2.69. The second-order valence-electron chi connectivity index (χ2n) is 5.63. The van der Waals surface area contributed by atoms with E-state index in [0.717, 1.165) is 24.5 Å². The molecule has 21 heavy (non-hydrogen) atoms. The van der Waals surface area contributed by atoms with Gasteiger partial charge in [0.1, 0.15) is 0 Å². The summed E-state index contributed by atoms with van der Waals surface area (Å²) in [5, 5.41) is 4.28. The predicted octanol–water partition coefficient (Wildman–Crippen LogP) is 1.82. The molecule has 1 aromatic heterocycles. The zero-order valence-corrected chi connectivity index (χ0v) is 12.7. The molecule has 0 atom stereocenters. The van der Waals surface area contributed by atoms with Gasteiger partial charge in [-0.05, 0) is 25.6 Å². The lowest BCUT2D eigenvalue weighted by molar-refractivity contribution is 0.0985. The summed E-state index contributed by atoms with van der Waals surface area (Å²) in [6, 6.07) is 8.13. The summed E-state index contributed by atoms with van der Waals surface area (Å²) in [5.74, 6) is 0.0309. The summed E-state index contributed by atoms with van der Waals surface area (Å²) in [6.07, 6.45) is 1.80. The smallest absolute Gasteiger partial charge is 0.261 e. The Hall–Kier alpha value is -2.14. The second-order valence-corrected chi connectivity index (χ2v) is 5.63. The zero-order valence-electron chi connectivity index (χ0n) is 12.7. The highest BCUT2D eigenvalue weighted by molar-refractivity contribution is 6.07. The van der Waals surface area contributed by atoms with Crippen molar-refractivity contribution in [3.8, 4) is 0 Å². The Morgan fingerprint density at radius 2 is 1.95 bits per heavy atom. The van der Waals surface area contributed by atoms with Gasteiger partial charge < -0.3 is 9.80 Å². The fourth-order valence-corrected chi connectivity index (χ4v) is 2.83. The highest BCUT2D eigenvalue weighted by atomic mass is 16.2. The maximum absolute atomic E-state index is 12.9. The number of fused-ring (bicyclic) bond motifs is 1. The van der Waals surface area contributed by atoms with Crippen LogP contribution in [-0.4, -0.2) is 40.7 Å². The first-order valence-corrected chi connectivity index (χ1v) is 7.15. The van der Waals surface area contributed by atoms with Crippen molar-refractivity contribution in [3.05, 3.63) is 47.3 Å². The standard InChI is InChI=1S/C16H20N4O/c1-12-14(11-19(3)17-12)16(21)20-9-8-18(2)10-13-6-4-5-7-15(13)20/h4-7,11H,8-10H2,1-3H3. The van der Waals surface area contributed by atoms with Crippen molar-refractivity contribution in [1.29, 1.82) is 0 Å². The summed E-state index contributed by atoms with van der Waals surface area (Å²) >= 11 is 0. The van der Waals surface area contributed by atoms with Crippen LogP contribution in [0.3, 0.4) is 0 Å². The van der Waals surface area contributed by atoms with Gasteiger partial charge in [-0.15, -0.1) is 0 Å². The largest absolute Gasteiger partial charge is 0.307 e. The van der Waals surface area contributed by atoms with E-state index < -0.39 is 0 Å². The van der Waals surface area contributed by atoms with Crippen LogP contribution in [-0.2, 0) is 13.6 Å². The minimum Gasteiger partial charge on any atom is -0.307 e. The van der Waals surface area contributed by atoms with Gasteiger partial charge in [0.05, 0.1) is 11.3 Å². The van der Waals surface area contributed by atoms with E-state index in [1.807, 2.05) is 37.1 Å². The molecule has 0 spiro atoms. The van der Waals surface area contributed by atoms with Crippen molar-refractivity contribution in [2.45, 2.75) is 13.5 Å². The molecule has 0 saturated heterocycles. The van der Waals surface area contributed by atoms with Crippen molar-refractivity contribution in [3.63, 3.8) is 0 Å². The van der Waals surface area contributed by atoms with E-state index in [4.69, 9.17) is 0 Å². The monoisotopic (exact) mass is 284 g/mol. The van der Waals surface area contributed by atoms with Gasteiger partial charge in [0.2, 0.25) is 0 Å². The average molecular weight is 284 g/mol. The van der Waals surface area contributed by atoms with Crippen LogP contribution < -0.4 is 4.90 Å². The Bertz CT molecular complexity index is 677. The highest BCUT2D eigenvalue weighted by Crippen LogP contribution is 2.26. The Balaban J connectivity index is 2.02.